The van der Waals surface area contributed by atoms with Crippen molar-refractivity contribution >= 4 is 0 Å². The van der Waals surface area contributed by atoms with Gasteiger partial charge in [-0.15, -0.1) is 0 Å². The predicted octanol–water partition coefficient (Wildman–Crippen LogP) is 9.68. The Bertz CT molecular complexity index is 1290. The van der Waals surface area contributed by atoms with Gasteiger partial charge in [0.15, 0.2) is 0 Å². The first kappa shape index (κ1) is 26.5. The van der Waals surface area contributed by atoms with Crippen LogP contribution in [0.2, 0.25) is 0 Å². The monoisotopic (exact) mass is 492 g/mol. The van der Waals surface area contributed by atoms with E-state index in [0.717, 1.165) is 52.8 Å². The van der Waals surface area contributed by atoms with Crippen molar-refractivity contribution in [3.05, 3.63) is 107 Å². The van der Waals surface area contributed by atoms with E-state index in [-0.39, 0.29) is 5.75 Å². The summed E-state index contributed by atoms with van der Waals surface area (Å²) in [6.07, 6.45) is 3.14. The summed E-state index contributed by atoms with van der Waals surface area (Å²) in [4.78, 5) is 0. The number of phenols is 1. The zero-order valence-electron chi connectivity index (χ0n) is 22.9. The molecule has 0 saturated carbocycles. The molecule has 0 unspecified atom stereocenters. The van der Waals surface area contributed by atoms with E-state index in [1.807, 2.05) is 54.6 Å². The van der Waals surface area contributed by atoms with Crippen molar-refractivity contribution < 1.29 is 9.84 Å². The Labute approximate surface area is 223 Å². The summed E-state index contributed by atoms with van der Waals surface area (Å²) < 4.78 is 6.33. The summed E-state index contributed by atoms with van der Waals surface area (Å²) in [5.74, 6) is 2.16. The largest absolute Gasteiger partial charge is 0.507 e. The van der Waals surface area contributed by atoms with Gasteiger partial charge in [-0.2, -0.15) is 0 Å². The lowest BCUT2D eigenvalue weighted by Crippen LogP contribution is -2.05. The molecule has 0 saturated heterocycles. The number of benzene rings is 4. The minimum absolute atomic E-state index is 0.288. The third-order valence-electron chi connectivity index (χ3n) is 7.12. The first-order valence-electron chi connectivity index (χ1n) is 13.6. The molecule has 0 aliphatic rings. The van der Waals surface area contributed by atoms with Gasteiger partial charge in [-0.25, -0.2) is 0 Å². The van der Waals surface area contributed by atoms with Crippen LogP contribution in [0.4, 0.5) is 0 Å². The van der Waals surface area contributed by atoms with Crippen molar-refractivity contribution in [1.82, 2.24) is 0 Å². The molecular formula is C35H40O2. The Morgan fingerprint density at radius 3 is 2.00 bits per heavy atom. The summed E-state index contributed by atoms with van der Waals surface area (Å²) in [5.41, 5.74) is 9.16. The lowest BCUT2D eigenvalue weighted by molar-refractivity contribution is 0.308. The third kappa shape index (κ3) is 6.25. The van der Waals surface area contributed by atoms with E-state index >= 15 is 0 Å². The second-order valence-electron chi connectivity index (χ2n) is 10.6. The summed E-state index contributed by atoms with van der Waals surface area (Å²) in [6.45, 7) is 11.9. The molecule has 0 aliphatic heterocycles. The van der Waals surface area contributed by atoms with Crippen LogP contribution in [0, 0.1) is 6.92 Å². The van der Waals surface area contributed by atoms with Crippen LogP contribution < -0.4 is 4.74 Å². The number of rotatable bonds is 10. The van der Waals surface area contributed by atoms with Gasteiger partial charge in [-0.1, -0.05) is 106 Å². The summed E-state index contributed by atoms with van der Waals surface area (Å²) in [6, 6.07) is 28.9. The second-order valence-corrected chi connectivity index (χ2v) is 10.6. The molecule has 0 spiro atoms. The predicted molar refractivity (Wildman–Crippen MR) is 157 cm³/mol. The maximum Gasteiger partial charge on any atom is 0.131 e. The van der Waals surface area contributed by atoms with Crippen LogP contribution in [0.3, 0.4) is 0 Å². The van der Waals surface area contributed by atoms with Gasteiger partial charge in [-0.05, 0) is 72.4 Å². The van der Waals surface area contributed by atoms with Gasteiger partial charge in [-0.3, -0.25) is 0 Å². The van der Waals surface area contributed by atoms with Crippen molar-refractivity contribution in [3.63, 3.8) is 0 Å². The minimum Gasteiger partial charge on any atom is -0.507 e. The highest BCUT2D eigenvalue weighted by Gasteiger charge is 2.16. The molecular weight excluding hydrogens is 452 g/mol. The third-order valence-corrected chi connectivity index (χ3v) is 7.12. The van der Waals surface area contributed by atoms with E-state index in [1.165, 1.54) is 16.7 Å². The highest BCUT2D eigenvalue weighted by Crippen LogP contribution is 2.42. The van der Waals surface area contributed by atoms with Gasteiger partial charge in [0, 0.05) is 16.7 Å². The fraction of sp³-hybridized carbons (Fsp3) is 0.314. The van der Waals surface area contributed by atoms with Crippen molar-refractivity contribution in [2.75, 3.05) is 6.61 Å². The lowest BCUT2D eigenvalue weighted by atomic mass is 9.86. The molecule has 0 amide bonds. The molecule has 0 fully saturated rings. The highest BCUT2D eigenvalue weighted by atomic mass is 16.5. The molecule has 0 aliphatic carbocycles. The number of unbranched alkanes of at least 4 members (excludes halogenated alkanes) is 1. The standard InChI is InChI=1S/C35H40O2/c1-24(2)28-16-11-17-29(25(3)4)31(28)15-9-10-22-37-34-21-20-26(5)23-33(34)32-19-12-18-30(35(32)36)27-13-7-6-8-14-27/h6-8,11-14,16-21,23-25,36H,9-10,15,22H2,1-5H3. The summed E-state index contributed by atoms with van der Waals surface area (Å²) in [7, 11) is 0. The SMILES string of the molecule is Cc1ccc(OCCCCc2c(C(C)C)cccc2C(C)C)c(-c2cccc(-c3ccccc3)c2O)c1. The van der Waals surface area contributed by atoms with Crippen LogP contribution in [0.25, 0.3) is 22.3 Å². The molecule has 2 heteroatoms. The molecule has 4 aromatic rings. The quantitative estimate of drug-likeness (QED) is 0.223. The molecule has 192 valence electrons. The molecule has 1 N–H and O–H groups in total. The van der Waals surface area contributed by atoms with Crippen LogP contribution in [0.5, 0.6) is 11.5 Å². The number of ether oxygens (including phenoxy) is 1. The molecule has 2 nitrogen and oxygen atoms in total. The van der Waals surface area contributed by atoms with Crippen LogP contribution in [-0.4, -0.2) is 11.7 Å². The Morgan fingerprint density at radius 1 is 0.676 bits per heavy atom. The normalized spacial score (nSPS) is 11.3. The van der Waals surface area contributed by atoms with E-state index in [2.05, 4.69) is 65.0 Å². The van der Waals surface area contributed by atoms with Gasteiger partial charge in [0.2, 0.25) is 0 Å². The zero-order chi connectivity index (χ0) is 26.4. The maximum atomic E-state index is 11.2. The van der Waals surface area contributed by atoms with Gasteiger partial charge in [0.05, 0.1) is 6.61 Å². The van der Waals surface area contributed by atoms with E-state index in [1.54, 1.807) is 0 Å². The summed E-state index contributed by atoms with van der Waals surface area (Å²) in [5, 5.41) is 11.2. The van der Waals surface area contributed by atoms with Crippen molar-refractivity contribution in [3.8, 4) is 33.8 Å². The Balaban J connectivity index is 1.49. The number of aryl methyl sites for hydroxylation is 1. The molecule has 0 heterocycles. The van der Waals surface area contributed by atoms with Crippen molar-refractivity contribution in [2.45, 2.75) is 65.7 Å². The molecule has 37 heavy (non-hydrogen) atoms. The minimum atomic E-state index is 0.288. The first-order valence-corrected chi connectivity index (χ1v) is 13.6. The zero-order valence-corrected chi connectivity index (χ0v) is 22.9. The first-order chi connectivity index (χ1) is 17.9. The van der Waals surface area contributed by atoms with Gasteiger partial charge in [0.1, 0.15) is 11.5 Å². The van der Waals surface area contributed by atoms with E-state index in [9.17, 15) is 5.11 Å². The van der Waals surface area contributed by atoms with Crippen LogP contribution in [0.1, 0.15) is 74.6 Å². The highest BCUT2D eigenvalue weighted by molar-refractivity contribution is 5.84. The van der Waals surface area contributed by atoms with Gasteiger partial charge in [0.25, 0.3) is 0 Å². The average Bonchev–Trinajstić information content (AvgIpc) is 2.89. The average molecular weight is 493 g/mol. The Hall–Kier alpha value is -3.52. The molecule has 4 aromatic carbocycles. The van der Waals surface area contributed by atoms with E-state index < -0.39 is 0 Å². The number of phenolic OH excluding ortho intramolecular Hbond substituents is 1. The second kappa shape index (κ2) is 12.1. The Kier molecular flexibility index (Phi) is 8.71. The van der Waals surface area contributed by atoms with E-state index in [0.29, 0.717) is 18.4 Å². The smallest absolute Gasteiger partial charge is 0.131 e. The van der Waals surface area contributed by atoms with Crippen LogP contribution in [0.15, 0.2) is 84.9 Å². The van der Waals surface area contributed by atoms with Gasteiger partial charge >= 0.3 is 0 Å². The molecule has 0 atom stereocenters. The van der Waals surface area contributed by atoms with E-state index in [4.69, 9.17) is 4.74 Å². The van der Waals surface area contributed by atoms with Crippen molar-refractivity contribution in [1.29, 1.82) is 0 Å². The fourth-order valence-corrected chi connectivity index (χ4v) is 5.17. The van der Waals surface area contributed by atoms with Crippen molar-refractivity contribution in [2.24, 2.45) is 0 Å². The summed E-state index contributed by atoms with van der Waals surface area (Å²) >= 11 is 0. The Morgan fingerprint density at radius 2 is 1.32 bits per heavy atom. The molecule has 0 aromatic heterocycles. The number of aromatic hydroxyl groups is 1. The number of hydrogen-bond acceptors (Lipinski definition) is 2. The topological polar surface area (TPSA) is 29.5 Å². The lowest BCUT2D eigenvalue weighted by Gasteiger charge is -2.20. The number of para-hydroxylation sites is 1. The fourth-order valence-electron chi connectivity index (χ4n) is 5.17. The molecule has 4 rings (SSSR count). The number of hydrogen-bond donors (Lipinski definition) is 1. The maximum absolute atomic E-state index is 11.2. The van der Waals surface area contributed by atoms with Crippen LogP contribution >= 0.6 is 0 Å². The molecule has 0 radical (unpaired) electrons. The van der Waals surface area contributed by atoms with Crippen LogP contribution in [-0.2, 0) is 6.42 Å². The molecule has 0 bridgehead atoms. The van der Waals surface area contributed by atoms with Gasteiger partial charge < -0.3 is 9.84 Å².